The van der Waals surface area contributed by atoms with Crippen LogP contribution in [0.25, 0.3) is 0 Å². The van der Waals surface area contributed by atoms with E-state index >= 15 is 0 Å². The van der Waals surface area contributed by atoms with Crippen LogP contribution in [-0.4, -0.2) is 5.78 Å². The number of hydrogen-bond acceptors (Lipinski definition) is 1. The van der Waals surface area contributed by atoms with Gasteiger partial charge in [-0.25, -0.2) is 0 Å². The highest BCUT2D eigenvalue weighted by atomic mass is 16.1. The smallest absolute Gasteiger partial charge is 0.137 e. The third-order valence-electron chi connectivity index (χ3n) is 2.39. The van der Waals surface area contributed by atoms with Crippen LogP contribution >= 0.6 is 0 Å². The van der Waals surface area contributed by atoms with Gasteiger partial charge in [0.1, 0.15) is 5.78 Å². The third-order valence-corrected chi connectivity index (χ3v) is 2.39. The molecular weight excluding hydrogens is 112 g/mol. The standard InChI is InChI=1S/C8H10O/c9-8-5-6-3-1-2-4-7(6)8/h1,3,6-7H,2,4-5H2/t6-,7-/m0/s1. The third kappa shape index (κ3) is 0.640. The van der Waals surface area contributed by atoms with E-state index in [1.54, 1.807) is 0 Å². The summed E-state index contributed by atoms with van der Waals surface area (Å²) in [5, 5.41) is 0. The minimum Gasteiger partial charge on any atom is -0.299 e. The van der Waals surface area contributed by atoms with Crippen molar-refractivity contribution in [3.8, 4) is 0 Å². The topological polar surface area (TPSA) is 17.1 Å². The fourth-order valence-corrected chi connectivity index (χ4v) is 1.73. The molecule has 0 aromatic heterocycles. The van der Waals surface area contributed by atoms with Crippen LogP contribution in [0.15, 0.2) is 12.2 Å². The van der Waals surface area contributed by atoms with Crippen LogP contribution in [0.5, 0.6) is 0 Å². The van der Waals surface area contributed by atoms with Crippen molar-refractivity contribution in [3.63, 3.8) is 0 Å². The Morgan fingerprint density at radius 2 is 2.44 bits per heavy atom. The molecule has 9 heavy (non-hydrogen) atoms. The lowest BCUT2D eigenvalue weighted by molar-refractivity contribution is -0.132. The minimum absolute atomic E-state index is 0.426. The van der Waals surface area contributed by atoms with Crippen molar-refractivity contribution in [2.75, 3.05) is 0 Å². The van der Waals surface area contributed by atoms with Crippen molar-refractivity contribution in [2.45, 2.75) is 19.3 Å². The van der Waals surface area contributed by atoms with Crippen LogP contribution in [0, 0.1) is 11.8 Å². The van der Waals surface area contributed by atoms with E-state index in [0.717, 1.165) is 19.3 Å². The van der Waals surface area contributed by atoms with Gasteiger partial charge in [-0.1, -0.05) is 12.2 Å². The van der Waals surface area contributed by atoms with E-state index in [1.807, 2.05) is 0 Å². The van der Waals surface area contributed by atoms with Gasteiger partial charge in [0.05, 0.1) is 0 Å². The summed E-state index contributed by atoms with van der Waals surface area (Å²) in [6.45, 7) is 0. The van der Waals surface area contributed by atoms with Gasteiger partial charge >= 0.3 is 0 Å². The van der Waals surface area contributed by atoms with E-state index in [2.05, 4.69) is 12.2 Å². The fraction of sp³-hybridized carbons (Fsp3) is 0.625. The lowest BCUT2D eigenvalue weighted by Gasteiger charge is -2.35. The molecule has 0 heterocycles. The molecule has 0 amide bonds. The van der Waals surface area contributed by atoms with E-state index in [0.29, 0.717) is 17.6 Å². The first-order valence-electron chi connectivity index (χ1n) is 3.57. The molecule has 2 rings (SSSR count). The van der Waals surface area contributed by atoms with Crippen molar-refractivity contribution in [1.29, 1.82) is 0 Å². The zero-order valence-corrected chi connectivity index (χ0v) is 5.34. The molecule has 1 saturated carbocycles. The largest absolute Gasteiger partial charge is 0.299 e. The highest BCUT2D eigenvalue weighted by molar-refractivity contribution is 5.88. The molecule has 48 valence electrons. The van der Waals surface area contributed by atoms with Crippen LogP contribution in [0.1, 0.15) is 19.3 Å². The summed E-state index contributed by atoms with van der Waals surface area (Å²) in [5.74, 6) is 1.55. The first-order chi connectivity index (χ1) is 4.38. The Morgan fingerprint density at radius 3 is 3.00 bits per heavy atom. The zero-order chi connectivity index (χ0) is 6.27. The van der Waals surface area contributed by atoms with Crippen molar-refractivity contribution in [3.05, 3.63) is 12.2 Å². The molecule has 0 bridgehead atoms. The summed E-state index contributed by atoms with van der Waals surface area (Å²) in [6.07, 6.45) is 7.46. The molecule has 1 heteroatoms. The molecule has 0 aromatic rings. The van der Waals surface area contributed by atoms with Gasteiger partial charge in [-0.2, -0.15) is 0 Å². The number of hydrogen-bond donors (Lipinski definition) is 0. The second-order valence-corrected chi connectivity index (χ2v) is 2.95. The molecule has 2 aliphatic rings. The zero-order valence-electron chi connectivity index (χ0n) is 5.34. The van der Waals surface area contributed by atoms with Gasteiger partial charge in [-0.3, -0.25) is 4.79 Å². The number of carbonyl (C=O) groups is 1. The molecule has 2 atom stereocenters. The maximum Gasteiger partial charge on any atom is 0.137 e. The number of allylic oxidation sites excluding steroid dienone is 2. The molecule has 0 radical (unpaired) electrons. The van der Waals surface area contributed by atoms with Crippen molar-refractivity contribution in [2.24, 2.45) is 11.8 Å². The minimum atomic E-state index is 0.426. The SMILES string of the molecule is O=C1C[C@@H]2C=CCC[C@H]12. The van der Waals surface area contributed by atoms with Crippen LogP contribution in [0.4, 0.5) is 0 Å². The molecule has 0 unspecified atom stereocenters. The number of rotatable bonds is 0. The summed E-state index contributed by atoms with van der Waals surface area (Å²) >= 11 is 0. The quantitative estimate of drug-likeness (QED) is 0.445. The van der Waals surface area contributed by atoms with E-state index in [-0.39, 0.29) is 0 Å². The Kier molecular flexibility index (Phi) is 0.981. The van der Waals surface area contributed by atoms with Crippen LogP contribution in [-0.2, 0) is 4.79 Å². The number of fused-ring (bicyclic) bond motifs is 1. The van der Waals surface area contributed by atoms with E-state index < -0.39 is 0 Å². The maximum atomic E-state index is 10.8. The van der Waals surface area contributed by atoms with Crippen LogP contribution in [0.3, 0.4) is 0 Å². The lowest BCUT2D eigenvalue weighted by atomic mass is 9.68. The van der Waals surface area contributed by atoms with Crippen LogP contribution < -0.4 is 0 Å². The van der Waals surface area contributed by atoms with Crippen molar-refractivity contribution in [1.82, 2.24) is 0 Å². The Hall–Kier alpha value is -0.590. The van der Waals surface area contributed by atoms with E-state index in [9.17, 15) is 4.79 Å². The average Bonchev–Trinajstić information content (AvgIpc) is 1.86. The average molecular weight is 122 g/mol. The summed E-state index contributed by atoms with van der Waals surface area (Å²) < 4.78 is 0. The molecule has 1 fully saturated rings. The fourth-order valence-electron chi connectivity index (χ4n) is 1.73. The van der Waals surface area contributed by atoms with Gasteiger partial charge in [0.2, 0.25) is 0 Å². The second-order valence-electron chi connectivity index (χ2n) is 2.95. The predicted molar refractivity (Wildman–Crippen MR) is 35.0 cm³/mol. The van der Waals surface area contributed by atoms with E-state index in [4.69, 9.17) is 0 Å². The van der Waals surface area contributed by atoms with Gasteiger partial charge in [-0.15, -0.1) is 0 Å². The van der Waals surface area contributed by atoms with E-state index in [1.165, 1.54) is 0 Å². The predicted octanol–water partition coefficient (Wildman–Crippen LogP) is 1.54. The molecule has 0 aromatic carbocycles. The summed E-state index contributed by atoms with van der Waals surface area (Å²) in [6, 6.07) is 0. The molecule has 0 spiro atoms. The molecule has 0 aliphatic heterocycles. The Morgan fingerprint density at radius 1 is 1.56 bits per heavy atom. The Labute approximate surface area is 54.8 Å². The van der Waals surface area contributed by atoms with Crippen molar-refractivity contribution >= 4 is 5.78 Å². The van der Waals surface area contributed by atoms with Gasteiger partial charge in [0, 0.05) is 12.3 Å². The molecule has 1 nitrogen and oxygen atoms in total. The maximum absolute atomic E-state index is 10.8. The first kappa shape index (κ1) is 5.21. The number of Topliss-reactive ketones (excluding diaryl/α,β-unsaturated/α-hetero) is 1. The van der Waals surface area contributed by atoms with Gasteiger partial charge in [0.25, 0.3) is 0 Å². The Bertz CT molecular complexity index is 169. The highest BCUT2D eigenvalue weighted by Gasteiger charge is 2.38. The summed E-state index contributed by atoms with van der Waals surface area (Å²) in [5.41, 5.74) is 0. The normalized spacial score (nSPS) is 39.8. The molecule has 0 N–H and O–H groups in total. The number of ketones is 1. The molecule has 2 aliphatic carbocycles. The van der Waals surface area contributed by atoms with Crippen molar-refractivity contribution < 1.29 is 4.79 Å². The van der Waals surface area contributed by atoms with Gasteiger partial charge in [0.15, 0.2) is 0 Å². The lowest BCUT2D eigenvalue weighted by Crippen LogP contribution is -2.37. The monoisotopic (exact) mass is 122 g/mol. The summed E-state index contributed by atoms with van der Waals surface area (Å²) in [7, 11) is 0. The number of carbonyl (C=O) groups excluding carboxylic acids is 1. The highest BCUT2D eigenvalue weighted by Crippen LogP contribution is 2.38. The first-order valence-corrected chi connectivity index (χ1v) is 3.57. The molecular formula is C8H10O. The Balaban J connectivity index is 2.14. The second kappa shape index (κ2) is 1.69. The summed E-state index contributed by atoms with van der Waals surface area (Å²) in [4.78, 5) is 10.8. The van der Waals surface area contributed by atoms with Gasteiger partial charge < -0.3 is 0 Å². The molecule has 0 saturated heterocycles. The van der Waals surface area contributed by atoms with Gasteiger partial charge in [-0.05, 0) is 18.8 Å². The van der Waals surface area contributed by atoms with Crippen LogP contribution in [0.2, 0.25) is 0 Å².